The van der Waals surface area contributed by atoms with E-state index in [1.807, 2.05) is 13.8 Å². The second-order valence-corrected chi connectivity index (χ2v) is 4.33. The van der Waals surface area contributed by atoms with E-state index in [2.05, 4.69) is 5.32 Å². The van der Waals surface area contributed by atoms with Crippen molar-refractivity contribution in [1.29, 1.82) is 0 Å². The average molecular weight is 254 g/mol. The van der Waals surface area contributed by atoms with Gasteiger partial charge in [0, 0.05) is 5.69 Å². The zero-order valence-electron chi connectivity index (χ0n) is 10.7. The highest BCUT2D eigenvalue weighted by atomic mass is 19.1. The number of amides is 1. The first-order valence-corrected chi connectivity index (χ1v) is 5.96. The fourth-order valence-electron chi connectivity index (χ4n) is 1.72. The Balaban J connectivity index is 2.97. The van der Waals surface area contributed by atoms with Crippen molar-refractivity contribution in [2.24, 2.45) is 0 Å². The summed E-state index contributed by atoms with van der Waals surface area (Å²) >= 11 is 0. The maximum Gasteiger partial charge on any atom is 0.253 e. The van der Waals surface area contributed by atoms with Gasteiger partial charge in [-0.05, 0) is 31.0 Å². The summed E-state index contributed by atoms with van der Waals surface area (Å²) in [6.45, 7) is 3.57. The number of hydrogen-bond donors (Lipinski definition) is 3. The number of nitrogens with one attached hydrogen (secondary N) is 1. The highest BCUT2D eigenvalue weighted by Gasteiger charge is 2.28. The van der Waals surface area contributed by atoms with Crippen LogP contribution in [0.15, 0.2) is 18.2 Å². The molecule has 0 fully saturated rings. The van der Waals surface area contributed by atoms with E-state index in [0.29, 0.717) is 12.8 Å². The molecule has 5 heteroatoms. The van der Waals surface area contributed by atoms with Gasteiger partial charge in [-0.25, -0.2) is 4.39 Å². The van der Waals surface area contributed by atoms with Gasteiger partial charge in [0.1, 0.15) is 5.82 Å². The third-order valence-electron chi connectivity index (χ3n) is 3.29. The number of halogens is 1. The summed E-state index contributed by atoms with van der Waals surface area (Å²) in [5.41, 5.74) is 5.27. The van der Waals surface area contributed by atoms with Crippen molar-refractivity contribution in [3.05, 3.63) is 29.6 Å². The number of rotatable bonds is 5. The first kappa shape index (κ1) is 14.4. The number of aliphatic hydroxyl groups excluding tert-OH is 1. The van der Waals surface area contributed by atoms with E-state index in [-0.39, 0.29) is 17.9 Å². The van der Waals surface area contributed by atoms with Gasteiger partial charge in [-0.15, -0.1) is 0 Å². The van der Waals surface area contributed by atoms with Gasteiger partial charge in [-0.3, -0.25) is 4.79 Å². The largest absolute Gasteiger partial charge is 0.398 e. The summed E-state index contributed by atoms with van der Waals surface area (Å²) in [7, 11) is 0. The van der Waals surface area contributed by atoms with Crippen LogP contribution in [-0.4, -0.2) is 23.2 Å². The van der Waals surface area contributed by atoms with Crippen LogP contribution >= 0.6 is 0 Å². The molecule has 4 nitrogen and oxygen atoms in total. The molecule has 0 aliphatic carbocycles. The minimum atomic E-state index is -0.685. The van der Waals surface area contributed by atoms with Crippen LogP contribution in [0, 0.1) is 5.82 Å². The highest BCUT2D eigenvalue weighted by molar-refractivity contribution is 5.99. The number of carbonyl (C=O) groups excluding carboxylic acids is 1. The Morgan fingerprint density at radius 2 is 2.06 bits per heavy atom. The van der Waals surface area contributed by atoms with Crippen molar-refractivity contribution in [1.82, 2.24) is 5.32 Å². The van der Waals surface area contributed by atoms with Crippen LogP contribution < -0.4 is 11.1 Å². The van der Waals surface area contributed by atoms with Crippen LogP contribution in [-0.2, 0) is 0 Å². The molecule has 0 heterocycles. The SMILES string of the molecule is CCC(CC)(CO)NC(=O)c1cc(F)ccc1N. The highest BCUT2D eigenvalue weighted by Crippen LogP contribution is 2.18. The predicted molar refractivity (Wildman–Crippen MR) is 68.7 cm³/mol. The molecule has 0 bridgehead atoms. The third kappa shape index (κ3) is 2.98. The van der Waals surface area contributed by atoms with Crippen molar-refractivity contribution in [3.63, 3.8) is 0 Å². The predicted octanol–water partition coefficient (Wildman–Crippen LogP) is 1.69. The van der Waals surface area contributed by atoms with Crippen LogP contribution in [0.4, 0.5) is 10.1 Å². The van der Waals surface area contributed by atoms with Crippen LogP contribution in [0.25, 0.3) is 0 Å². The van der Waals surface area contributed by atoms with Gasteiger partial charge in [0.2, 0.25) is 0 Å². The minimum Gasteiger partial charge on any atom is -0.398 e. The molecule has 1 amide bonds. The fourth-order valence-corrected chi connectivity index (χ4v) is 1.72. The van der Waals surface area contributed by atoms with Gasteiger partial charge in [-0.1, -0.05) is 13.8 Å². The van der Waals surface area contributed by atoms with Crippen molar-refractivity contribution < 1.29 is 14.3 Å². The van der Waals surface area contributed by atoms with E-state index in [9.17, 15) is 14.3 Å². The van der Waals surface area contributed by atoms with E-state index < -0.39 is 17.3 Å². The number of aliphatic hydroxyl groups is 1. The molecule has 4 N–H and O–H groups in total. The molecule has 100 valence electrons. The Labute approximate surface area is 106 Å². The third-order valence-corrected chi connectivity index (χ3v) is 3.29. The number of hydrogen-bond acceptors (Lipinski definition) is 3. The zero-order chi connectivity index (χ0) is 13.8. The monoisotopic (exact) mass is 254 g/mol. The zero-order valence-corrected chi connectivity index (χ0v) is 10.7. The molecule has 0 aliphatic heterocycles. The summed E-state index contributed by atoms with van der Waals surface area (Å²) in [6.07, 6.45) is 1.17. The van der Waals surface area contributed by atoms with E-state index in [4.69, 9.17) is 5.73 Å². The number of benzene rings is 1. The Hall–Kier alpha value is -1.62. The van der Waals surface area contributed by atoms with E-state index in [1.54, 1.807) is 0 Å². The van der Waals surface area contributed by atoms with Gasteiger partial charge in [-0.2, -0.15) is 0 Å². The smallest absolute Gasteiger partial charge is 0.253 e. The van der Waals surface area contributed by atoms with Gasteiger partial charge in [0.15, 0.2) is 0 Å². The molecule has 0 aliphatic rings. The molecular formula is C13H19FN2O2. The van der Waals surface area contributed by atoms with E-state index in [1.165, 1.54) is 12.1 Å². The number of nitrogen functional groups attached to an aromatic ring is 1. The molecule has 0 spiro atoms. The lowest BCUT2D eigenvalue weighted by atomic mass is 9.93. The molecule has 0 atom stereocenters. The molecule has 0 radical (unpaired) electrons. The van der Waals surface area contributed by atoms with E-state index in [0.717, 1.165) is 6.07 Å². The lowest BCUT2D eigenvalue weighted by Gasteiger charge is -2.30. The summed E-state index contributed by atoms with van der Waals surface area (Å²) < 4.78 is 13.1. The lowest BCUT2D eigenvalue weighted by molar-refractivity contribution is 0.0818. The number of carbonyl (C=O) groups is 1. The summed E-state index contributed by atoms with van der Waals surface area (Å²) in [5.74, 6) is -0.985. The Morgan fingerprint density at radius 1 is 1.44 bits per heavy atom. The number of nitrogens with two attached hydrogens (primary N) is 1. The molecule has 0 unspecified atom stereocenters. The fraction of sp³-hybridized carbons (Fsp3) is 0.462. The second kappa shape index (κ2) is 5.82. The molecule has 0 aromatic heterocycles. The van der Waals surface area contributed by atoms with E-state index >= 15 is 0 Å². The van der Waals surface area contributed by atoms with Crippen LogP contribution in [0.5, 0.6) is 0 Å². The molecule has 0 saturated heterocycles. The quantitative estimate of drug-likeness (QED) is 0.700. The Bertz CT molecular complexity index is 423. The standard InChI is InChI=1S/C13H19FN2O2/c1-3-13(4-2,8-17)16-12(18)10-7-9(14)5-6-11(10)15/h5-7,17H,3-4,8,15H2,1-2H3,(H,16,18). The van der Waals surface area contributed by atoms with Crippen LogP contribution in [0.3, 0.4) is 0 Å². The minimum absolute atomic E-state index is 0.0923. The normalized spacial score (nSPS) is 11.3. The Kier molecular flexibility index (Phi) is 4.67. The molecule has 1 rings (SSSR count). The van der Waals surface area contributed by atoms with Gasteiger partial charge in [0.25, 0.3) is 5.91 Å². The molecular weight excluding hydrogens is 235 g/mol. The first-order chi connectivity index (χ1) is 8.48. The van der Waals surface area contributed by atoms with Crippen molar-refractivity contribution >= 4 is 11.6 Å². The number of anilines is 1. The second-order valence-electron chi connectivity index (χ2n) is 4.33. The summed E-state index contributed by atoms with van der Waals surface area (Å²) in [5, 5.41) is 12.1. The Morgan fingerprint density at radius 3 is 2.56 bits per heavy atom. The van der Waals surface area contributed by atoms with Crippen molar-refractivity contribution in [3.8, 4) is 0 Å². The first-order valence-electron chi connectivity index (χ1n) is 5.96. The van der Waals surface area contributed by atoms with Crippen molar-refractivity contribution in [2.45, 2.75) is 32.2 Å². The van der Waals surface area contributed by atoms with Crippen LogP contribution in [0.2, 0.25) is 0 Å². The maximum absolute atomic E-state index is 13.1. The summed E-state index contributed by atoms with van der Waals surface area (Å²) in [4.78, 5) is 12.0. The molecule has 1 aromatic carbocycles. The summed E-state index contributed by atoms with van der Waals surface area (Å²) in [6, 6.07) is 3.64. The average Bonchev–Trinajstić information content (AvgIpc) is 2.38. The van der Waals surface area contributed by atoms with Crippen LogP contribution in [0.1, 0.15) is 37.0 Å². The maximum atomic E-state index is 13.1. The van der Waals surface area contributed by atoms with Crippen molar-refractivity contribution in [2.75, 3.05) is 12.3 Å². The molecule has 1 aromatic rings. The molecule has 18 heavy (non-hydrogen) atoms. The molecule has 0 saturated carbocycles. The lowest BCUT2D eigenvalue weighted by Crippen LogP contribution is -2.50. The topological polar surface area (TPSA) is 75.3 Å². The van der Waals surface area contributed by atoms with Gasteiger partial charge < -0.3 is 16.2 Å². The van der Waals surface area contributed by atoms with Gasteiger partial charge in [0.05, 0.1) is 17.7 Å². The van der Waals surface area contributed by atoms with Gasteiger partial charge >= 0.3 is 0 Å².